The summed E-state index contributed by atoms with van der Waals surface area (Å²) in [5.74, 6) is -1.81. The van der Waals surface area contributed by atoms with Crippen LogP contribution in [0, 0.1) is 5.92 Å². The normalized spacial score (nSPS) is 20.0. The minimum Gasteiger partial charge on any atom is -0.481 e. The average molecular weight is 355 g/mol. The van der Waals surface area contributed by atoms with Crippen molar-refractivity contribution in [2.45, 2.75) is 32.4 Å². The Hall–Kier alpha value is -2.96. The van der Waals surface area contributed by atoms with Crippen LogP contribution in [-0.2, 0) is 11.3 Å². The Bertz CT molecular complexity index is 863. The van der Waals surface area contributed by atoms with Crippen LogP contribution in [0.15, 0.2) is 47.3 Å². The fraction of sp³-hybridized carbons (Fsp3) is 0.368. The van der Waals surface area contributed by atoms with Gasteiger partial charge in [-0.1, -0.05) is 30.3 Å². The summed E-state index contributed by atoms with van der Waals surface area (Å²) in [6.45, 7) is 2.51. The number of carbonyl (C=O) groups excluding carboxylic acids is 1. The molecule has 1 saturated heterocycles. The first-order valence-electron chi connectivity index (χ1n) is 8.63. The largest absolute Gasteiger partial charge is 0.481 e. The van der Waals surface area contributed by atoms with E-state index >= 15 is 0 Å². The van der Waals surface area contributed by atoms with Gasteiger partial charge in [-0.3, -0.25) is 14.4 Å². The van der Waals surface area contributed by atoms with Crippen molar-refractivity contribution in [3.05, 3.63) is 64.1 Å². The van der Waals surface area contributed by atoms with E-state index in [1.54, 1.807) is 11.8 Å². The van der Waals surface area contributed by atoms with Crippen LogP contribution >= 0.6 is 0 Å². The Morgan fingerprint density at radius 1 is 1.19 bits per heavy atom. The molecular weight excluding hydrogens is 334 g/mol. The molecule has 1 amide bonds. The van der Waals surface area contributed by atoms with Crippen LogP contribution in [0.3, 0.4) is 0 Å². The van der Waals surface area contributed by atoms with Crippen molar-refractivity contribution >= 4 is 11.9 Å². The molecule has 1 aromatic carbocycles. The predicted octanol–water partition coefficient (Wildman–Crippen LogP) is 1.62. The minimum absolute atomic E-state index is 0.151. The molecule has 1 aliphatic rings. The molecule has 0 unspecified atom stereocenters. The summed E-state index contributed by atoms with van der Waals surface area (Å²) in [4.78, 5) is 37.8. The first-order valence-corrected chi connectivity index (χ1v) is 8.63. The molecule has 7 heteroatoms. The van der Waals surface area contributed by atoms with Crippen molar-refractivity contribution in [2.75, 3.05) is 6.54 Å². The van der Waals surface area contributed by atoms with Crippen molar-refractivity contribution in [1.82, 2.24) is 14.7 Å². The fourth-order valence-corrected chi connectivity index (χ4v) is 3.34. The molecule has 136 valence electrons. The van der Waals surface area contributed by atoms with Crippen LogP contribution in [0.25, 0.3) is 0 Å². The van der Waals surface area contributed by atoms with Crippen molar-refractivity contribution in [3.8, 4) is 0 Å². The lowest BCUT2D eigenvalue weighted by Crippen LogP contribution is -2.49. The maximum Gasteiger partial charge on any atom is 0.308 e. The van der Waals surface area contributed by atoms with Gasteiger partial charge in [0.25, 0.3) is 11.5 Å². The summed E-state index contributed by atoms with van der Waals surface area (Å²) < 4.78 is 1.26. The second-order valence-corrected chi connectivity index (χ2v) is 6.53. The van der Waals surface area contributed by atoms with E-state index < -0.39 is 17.9 Å². The number of carboxylic acids is 1. The lowest BCUT2D eigenvalue weighted by Gasteiger charge is -2.37. The van der Waals surface area contributed by atoms with Gasteiger partial charge < -0.3 is 10.0 Å². The molecule has 2 atom stereocenters. The summed E-state index contributed by atoms with van der Waals surface area (Å²) >= 11 is 0. The minimum atomic E-state index is -0.892. The molecule has 2 aromatic rings. The molecular formula is C19H21N3O4. The van der Waals surface area contributed by atoms with Gasteiger partial charge in [-0.05, 0) is 31.4 Å². The van der Waals surface area contributed by atoms with E-state index in [1.807, 2.05) is 30.3 Å². The number of piperidine rings is 1. The third-order valence-electron chi connectivity index (χ3n) is 4.83. The molecule has 0 radical (unpaired) electrons. The van der Waals surface area contributed by atoms with Gasteiger partial charge in [0.15, 0.2) is 0 Å². The number of aromatic nitrogens is 2. The van der Waals surface area contributed by atoms with Crippen LogP contribution in [0.5, 0.6) is 0 Å². The molecule has 26 heavy (non-hydrogen) atoms. The highest BCUT2D eigenvalue weighted by atomic mass is 16.4. The molecule has 3 rings (SSSR count). The first kappa shape index (κ1) is 17.8. The number of benzene rings is 1. The van der Waals surface area contributed by atoms with Crippen LogP contribution in [0.1, 0.15) is 35.8 Å². The van der Waals surface area contributed by atoms with Gasteiger partial charge in [-0.15, -0.1) is 0 Å². The average Bonchev–Trinajstić information content (AvgIpc) is 2.64. The number of hydrogen-bond donors (Lipinski definition) is 1. The van der Waals surface area contributed by atoms with Gasteiger partial charge in [0.2, 0.25) is 0 Å². The Morgan fingerprint density at radius 2 is 1.92 bits per heavy atom. The fourth-order valence-electron chi connectivity index (χ4n) is 3.34. The summed E-state index contributed by atoms with van der Waals surface area (Å²) in [7, 11) is 0. The number of rotatable bonds is 4. The molecule has 1 aliphatic heterocycles. The lowest BCUT2D eigenvalue weighted by atomic mass is 9.90. The Kier molecular flexibility index (Phi) is 5.16. The first-order chi connectivity index (χ1) is 12.5. The van der Waals surface area contributed by atoms with Crippen molar-refractivity contribution < 1.29 is 14.7 Å². The summed E-state index contributed by atoms with van der Waals surface area (Å²) in [5, 5.41) is 13.5. The number of nitrogens with zero attached hydrogens (tertiary/aromatic N) is 3. The van der Waals surface area contributed by atoms with E-state index in [4.69, 9.17) is 0 Å². The number of carbonyl (C=O) groups is 2. The van der Waals surface area contributed by atoms with Crippen molar-refractivity contribution in [2.24, 2.45) is 5.92 Å². The molecule has 1 N–H and O–H groups in total. The molecule has 7 nitrogen and oxygen atoms in total. The molecule has 1 aromatic heterocycles. The third kappa shape index (κ3) is 3.66. The van der Waals surface area contributed by atoms with E-state index in [2.05, 4.69) is 5.10 Å². The quantitative estimate of drug-likeness (QED) is 0.900. The zero-order valence-electron chi connectivity index (χ0n) is 14.5. The number of amides is 1. The number of likely N-dealkylation sites (tertiary alicyclic amines) is 1. The lowest BCUT2D eigenvalue weighted by molar-refractivity contribution is -0.144. The summed E-state index contributed by atoms with van der Waals surface area (Å²) in [6.07, 6.45) is 1.19. The van der Waals surface area contributed by atoms with Crippen molar-refractivity contribution in [3.63, 3.8) is 0 Å². The van der Waals surface area contributed by atoms with Gasteiger partial charge in [-0.2, -0.15) is 5.10 Å². The molecule has 0 bridgehead atoms. The Morgan fingerprint density at radius 3 is 2.62 bits per heavy atom. The van der Waals surface area contributed by atoms with E-state index in [0.717, 1.165) is 5.56 Å². The second-order valence-electron chi connectivity index (χ2n) is 6.53. The van der Waals surface area contributed by atoms with E-state index in [-0.39, 0.29) is 23.7 Å². The third-order valence-corrected chi connectivity index (χ3v) is 4.83. The van der Waals surface area contributed by atoms with Crippen LogP contribution < -0.4 is 5.56 Å². The Labute approximate surface area is 150 Å². The highest BCUT2D eigenvalue weighted by Crippen LogP contribution is 2.24. The maximum absolute atomic E-state index is 12.8. The number of carboxylic acid groups (broad SMARTS) is 1. The standard InChI is InChI=1S/C19H21N3O4/c1-13-15(19(25)26)8-5-11-21(13)18(24)16-9-10-17(23)22(20-16)12-14-6-3-2-4-7-14/h2-4,6-7,9-10,13,15H,5,8,11-12H2,1H3,(H,25,26)/t13-,15-/m1/s1. The number of hydrogen-bond acceptors (Lipinski definition) is 4. The zero-order chi connectivity index (χ0) is 18.7. The molecule has 1 fully saturated rings. The van der Waals surface area contributed by atoms with Gasteiger partial charge in [0, 0.05) is 18.7 Å². The smallest absolute Gasteiger partial charge is 0.308 e. The molecule has 0 aliphatic carbocycles. The van der Waals surface area contributed by atoms with Gasteiger partial charge in [-0.25, -0.2) is 4.68 Å². The zero-order valence-corrected chi connectivity index (χ0v) is 14.5. The highest BCUT2D eigenvalue weighted by Gasteiger charge is 2.36. The Balaban J connectivity index is 1.85. The van der Waals surface area contributed by atoms with E-state index in [9.17, 15) is 19.5 Å². The molecule has 2 heterocycles. The number of aliphatic carboxylic acids is 1. The maximum atomic E-state index is 12.8. The molecule has 0 saturated carbocycles. The van der Waals surface area contributed by atoms with Crippen molar-refractivity contribution in [1.29, 1.82) is 0 Å². The van der Waals surface area contributed by atoms with Gasteiger partial charge >= 0.3 is 5.97 Å². The van der Waals surface area contributed by atoms with Crippen LogP contribution in [-0.4, -0.2) is 44.3 Å². The topological polar surface area (TPSA) is 92.5 Å². The van der Waals surface area contributed by atoms with E-state index in [0.29, 0.717) is 19.4 Å². The summed E-state index contributed by atoms with van der Waals surface area (Å²) in [5.41, 5.74) is 0.767. The van der Waals surface area contributed by atoms with Crippen LogP contribution in [0.4, 0.5) is 0 Å². The van der Waals surface area contributed by atoms with Gasteiger partial charge in [0.05, 0.1) is 12.5 Å². The SMILES string of the molecule is C[C@@H]1[C@H](C(=O)O)CCCN1C(=O)c1ccc(=O)n(Cc2ccccc2)n1. The summed E-state index contributed by atoms with van der Waals surface area (Å²) in [6, 6.07) is 11.7. The monoisotopic (exact) mass is 355 g/mol. The van der Waals surface area contributed by atoms with Crippen LogP contribution in [0.2, 0.25) is 0 Å². The van der Waals surface area contributed by atoms with E-state index in [1.165, 1.54) is 16.8 Å². The second kappa shape index (κ2) is 7.51. The highest BCUT2D eigenvalue weighted by molar-refractivity contribution is 5.92. The predicted molar refractivity (Wildman–Crippen MR) is 94.9 cm³/mol. The molecule has 0 spiro atoms. The van der Waals surface area contributed by atoms with Gasteiger partial charge in [0.1, 0.15) is 5.69 Å².